The summed E-state index contributed by atoms with van der Waals surface area (Å²) < 4.78 is 27.8. The molecule has 0 saturated carbocycles. The fourth-order valence-corrected chi connectivity index (χ4v) is 2.97. The molecule has 0 radical (unpaired) electrons. The van der Waals surface area contributed by atoms with Gasteiger partial charge < -0.3 is 14.0 Å². The quantitative estimate of drug-likeness (QED) is 0.747. The lowest BCUT2D eigenvalue weighted by molar-refractivity contribution is -0.170. The lowest BCUT2D eigenvalue weighted by Gasteiger charge is -2.23. The summed E-state index contributed by atoms with van der Waals surface area (Å²) >= 11 is 0. The van der Waals surface area contributed by atoms with Crippen LogP contribution in [0.5, 0.6) is 0 Å². The van der Waals surface area contributed by atoms with Crippen LogP contribution in [0, 0.1) is 5.95 Å². The van der Waals surface area contributed by atoms with Gasteiger partial charge in [0.05, 0.1) is 6.61 Å². The highest BCUT2D eigenvalue weighted by Gasteiger charge is 2.21. The lowest BCUT2D eigenvalue weighted by atomic mass is 10.2. The number of ether oxygens (including phenoxy) is 2. The molecule has 0 N–H and O–H groups in total. The van der Waals surface area contributed by atoms with Crippen molar-refractivity contribution < 1.29 is 13.9 Å². The van der Waals surface area contributed by atoms with Crippen molar-refractivity contribution in [1.82, 2.24) is 9.55 Å². The van der Waals surface area contributed by atoms with Gasteiger partial charge in [-0.2, -0.15) is 9.37 Å². The molecule has 3 rings (SSSR count). The zero-order valence-corrected chi connectivity index (χ0v) is 14.2. The standard InChI is InChI=1S/C19H25FN2O2/c1-2-3-12-22-16(14-24-17-11-7-8-13-23-17)18(20)21-19(22)15-9-5-4-6-10-15/h4-6,9-10,17H,2-3,7-8,11-14H2,1H3. The highest BCUT2D eigenvalue weighted by molar-refractivity contribution is 5.56. The van der Waals surface area contributed by atoms with Gasteiger partial charge in [-0.05, 0) is 25.7 Å². The Bertz CT molecular complexity index is 636. The van der Waals surface area contributed by atoms with Gasteiger partial charge in [-0.1, -0.05) is 43.7 Å². The molecule has 1 aliphatic heterocycles. The van der Waals surface area contributed by atoms with Crippen molar-refractivity contribution in [3.05, 3.63) is 42.0 Å². The maximum Gasteiger partial charge on any atom is 0.236 e. The Morgan fingerprint density at radius 2 is 2.12 bits per heavy atom. The first-order valence-electron chi connectivity index (χ1n) is 8.83. The molecule has 1 aliphatic rings. The highest BCUT2D eigenvalue weighted by Crippen LogP contribution is 2.24. The molecular formula is C19H25FN2O2. The van der Waals surface area contributed by atoms with Crippen LogP contribution in [0.1, 0.15) is 44.7 Å². The van der Waals surface area contributed by atoms with Crippen LogP contribution in [0.25, 0.3) is 11.4 Å². The Balaban J connectivity index is 1.82. The van der Waals surface area contributed by atoms with Crippen molar-refractivity contribution in [3.63, 3.8) is 0 Å². The second-order valence-electron chi connectivity index (χ2n) is 6.15. The van der Waals surface area contributed by atoms with Gasteiger partial charge in [-0.15, -0.1) is 0 Å². The zero-order chi connectivity index (χ0) is 16.8. The predicted molar refractivity (Wildman–Crippen MR) is 90.9 cm³/mol. The number of unbranched alkanes of at least 4 members (excludes halogenated alkanes) is 1. The first-order chi connectivity index (χ1) is 11.8. The first kappa shape index (κ1) is 17.1. The Morgan fingerprint density at radius 3 is 2.83 bits per heavy atom. The molecular weight excluding hydrogens is 307 g/mol. The maximum absolute atomic E-state index is 14.5. The van der Waals surface area contributed by atoms with E-state index in [0.717, 1.165) is 50.8 Å². The molecule has 1 unspecified atom stereocenters. The second-order valence-corrected chi connectivity index (χ2v) is 6.15. The molecule has 1 fully saturated rings. The largest absolute Gasteiger partial charge is 0.353 e. The van der Waals surface area contributed by atoms with Crippen molar-refractivity contribution in [3.8, 4) is 11.4 Å². The molecule has 4 nitrogen and oxygen atoms in total. The number of halogens is 1. The average molecular weight is 332 g/mol. The molecule has 0 spiro atoms. The van der Waals surface area contributed by atoms with Crippen LogP contribution in [0.4, 0.5) is 4.39 Å². The topological polar surface area (TPSA) is 36.3 Å². The van der Waals surface area contributed by atoms with Crippen molar-refractivity contribution >= 4 is 0 Å². The Morgan fingerprint density at radius 1 is 1.29 bits per heavy atom. The number of benzene rings is 1. The van der Waals surface area contributed by atoms with Crippen molar-refractivity contribution in [2.75, 3.05) is 6.61 Å². The average Bonchev–Trinajstić information content (AvgIpc) is 2.95. The number of rotatable bonds is 7. The second kappa shape index (κ2) is 8.40. The number of aromatic nitrogens is 2. The molecule has 1 saturated heterocycles. The SMILES string of the molecule is CCCCn1c(-c2ccccc2)nc(F)c1COC1CCCCO1. The minimum absolute atomic E-state index is 0.194. The van der Waals surface area contributed by atoms with Crippen molar-refractivity contribution in [2.45, 2.75) is 58.5 Å². The lowest BCUT2D eigenvalue weighted by Crippen LogP contribution is -2.23. The van der Waals surface area contributed by atoms with Crippen molar-refractivity contribution in [1.29, 1.82) is 0 Å². The fourth-order valence-electron chi connectivity index (χ4n) is 2.97. The summed E-state index contributed by atoms with van der Waals surface area (Å²) in [5.41, 5.74) is 1.43. The molecule has 130 valence electrons. The van der Waals surface area contributed by atoms with E-state index in [4.69, 9.17) is 9.47 Å². The molecule has 1 aromatic heterocycles. The van der Waals surface area contributed by atoms with E-state index >= 15 is 0 Å². The van der Waals surface area contributed by atoms with Crippen LogP contribution in [-0.2, 0) is 22.6 Å². The summed E-state index contributed by atoms with van der Waals surface area (Å²) in [5, 5.41) is 0. The third-order valence-electron chi connectivity index (χ3n) is 4.33. The van der Waals surface area contributed by atoms with Gasteiger partial charge in [0, 0.05) is 18.7 Å². The maximum atomic E-state index is 14.5. The van der Waals surface area contributed by atoms with Crippen LogP contribution in [-0.4, -0.2) is 22.4 Å². The van der Waals surface area contributed by atoms with Gasteiger partial charge in [0.2, 0.25) is 5.95 Å². The van der Waals surface area contributed by atoms with E-state index in [2.05, 4.69) is 11.9 Å². The Hall–Kier alpha value is -1.72. The molecule has 0 amide bonds. The molecule has 0 bridgehead atoms. The van der Waals surface area contributed by atoms with Gasteiger partial charge >= 0.3 is 0 Å². The van der Waals surface area contributed by atoms with E-state index in [1.54, 1.807) is 0 Å². The van der Waals surface area contributed by atoms with Crippen LogP contribution in [0.3, 0.4) is 0 Å². The van der Waals surface area contributed by atoms with Crippen LogP contribution in [0.15, 0.2) is 30.3 Å². The van der Waals surface area contributed by atoms with Crippen LogP contribution in [0.2, 0.25) is 0 Å². The summed E-state index contributed by atoms with van der Waals surface area (Å²) in [6, 6.07) is 9.75. The summed E-state index contributed by atoms with van der Waals surface area (Å²) in [6.07, 6.45) is 4.82. The molecule has 0 aliphatic carbocycles. The Kier molecular flexibility index (Phi) is 5.99. The van der Waals surface area contributed by atoms with E-state index < -0.39 is 5.95 Å². The number of imidazole rings is 1. The van der Waals surface area contributed by atoms with E-state index in [1.165, 1.54) is 0 Å². The fraction of sp³-hybridized carbons (Fsp3) is 0.526. The monoisotopic (exact) mass is 332 g/mol. The number of hydrogen-bond acceptors (Lipinski definition) is 3. The van der Waals surface area contributed by atoms with E-state index in [-0.39, 0.29) is 12.9 Å². The summed E-state index contributed by atoms with van der Waals surface area (Å²) in [6.45, 7) is 3.78. The first-order valence-corrected chi connectivity index (χ1v) is 8.83. The van der Waals surface area contributed by atoms with Crippen LogP contribution >= 0.6 is 0 Å². The summed E-state index contributed by atoms with van der Waals surface area (Å²) in [4.78, 5) is 4.17. The van der Waals surface area contributed by atoms with E-state index in [1.807, 2.05) is 34.9 Å². The van der Waals surface area contributed by atoms with Gasteiger partial charge in [-0.25, -0.2) is 0 Å². The number of nitrogens with zero attached hydrogens (tertiary/aromatic N) is 2. The molecule has 2 aromatic rings. The Labute approximate surface area is 142 Å². The predicted octanol–water partition coefficient (Wildman–Crippen LogP) is 4.53. The smallest absolute Gasteiger partial charge is 0.236 e. The van der Waals surface area contributed by atoms with Crippen molar-refractivity contribution in [2.24, 2.45) is 0 Å². The summed E-state index contributed by atoms with van der Waals surface area (Å²) in [7, 11) is 0. The number of hydrogen-bond donors (Lipinski definition) is 0. The van der Waals surface area contributed by atoms with Gasteiger partial charge in [0.1, 0.15) is 11.5 Å². The third kappa shape index (κ3) is 4.02. The van der Waals surface area contributed by atoms with Gasteiger partial charge in [-0.3, -0.25) is 0 Å². The zero-order valence-electron chi connectivity index (χ0n) is 14.2. The molecule has 5 heteroatoms. The van der Waals surface area contributed by atoms with E-state index in [0.29, 0.717) is 11.5 Å². The van der Waals surface area contributed by atoms with E-state index in [9.17, 15) is 4.39 Å². The molecule has 2 heterocycles. The highest BCUT2D eigenvalue weighted by atomic mass is 19.1. The molecule has 1 aromatic carbocycles. The van der Waals surface area contributed by atoms with Gasteiger partial charge in [0.25, 0.3) is 0 Å². The minimum atomic E-state index is -0.444. The van der Waals surface area contributed by atoms with Crippen LogP contribution < -0.4 is 0 Å². The molecule has 24 heavy (non-hydrogen) atoms. The molecule has 1 atom stereocenters. The normalized spacial score (nSPS) is 18.0. The van der Waals surface area contributed by atoms with Gasteiger partial charge in [0.15, 0.2) is 6.29 Å². The summed E-state index contributed by atoms with van der Waals surface area (Å²) in [5.74, 6) is 0.227. The minimum Gasteiger partial charge on any atom is -0.353 e. The third-order valence-corrected chi connectivity index (χ3v) is 4.33.